The van der Waals surface area contributed by atoms with E-state index in [-0.39, 0.29) is 18.8 Å². The zero-order valence-electron chi connectivity index (χ0n) is 17.3. The number of halogens is 3. The molecule has 0 amide bonds. The third-order valence-electron chi connectivity index (χ3n) is 5.15. The molecule has 2 N–H and O–H groups in total. The lowest BCUT2D eigenvalue weighted by Gasteiger charge is -2.16. The van der Waals surface area contributed by atoms with E-state index in [1.165, 1.54) is 0 Å². The van der Waals surface area contributed by atoms with Crippen LogP contribution >= 0.6 is 0 Å². The average Bonchev–Trinajstić information content (AvgIpc) is 3.15. The molecule has 0 radical (unpaired) electrons. The number of rotatable bonds is 6. The van der Waals surface area contributed by atoms with Crippen molar-refractivity contribution in [3.05, 3.63) is 75.3 Å². The highest BCUT2D eigenvalue weighted by atomic mass is 19.4. The van der Waals surface area contributed by atoms with Crippen LogP contribution in [0.5, 0.6) is 0 Å². The zero-order valence-corrected chi connectivity index (χ0v) is 17.3. The fourth-order valence-electron chi connectivity index (χ4n) is 3.65. The van der Waals surface area contributed by atoms with E-state index in [0.29, 0.717) is 34.2 Å². The number of nitriles is 1. The van der Waals surface area contributed by atoms with Crippen molar-refractivity contribution in [2.24, 2.45) is 0 Å². The smallest absolute Gasteiger partial charge is 0.383 e. The first-order valence-electron chi connectivity index (χ1n) is 9.85. The molecule has 0 saturated heterocycles. The number of nitro groups is 1. The van der Waals surface area contributed by atoms with Gasteiger partial charge >= 0.3 is 6.18 Å². The number of non-ortho nitro benzene ring substituents is 1. The van der Waals surface area contributed by atoms with Crippen LogP contribution in [0.3, 0.4) is 0 Å². The summed E-state index contributed by atoms with van der Waals surface area (Å²) in [5, 5.41) is 26.3. The number of pyridine rings is 1. The number of aromatic nitrogens is 2. The first kappa shape index (κ1) is 21.9. The molecular formula is C22H17F3N6O2. The summed E-state index contributed by atoms with van der Waals surface area (Å²) in [5.41, 5.74) is 1.16. The van der Waals surface area contributed by atoms with Gasteiger partial charge in [-0.3, -0.25) is 14.5 Å². The Morgan fingerprint density at radius 2 is 1.88 bits per heavy atom. The number of alkyl halides is 3. The van der Waals surface area contributed by atoms with Gasteiger partial charge in [-0.05, 0) is 36.8 Å². The number of fused-ring (bicyclic) bond motifs is 3. The molecule has 2 aromatic heterocycles. The second-order valence-corrected chi connectivity index (χ2v) is 7.30. The fourth-order valence-corrected chi connectivity index (χ4v) is 3.65. The van der Waals surface area contributed by atoms with Crippen LogP contribution in [0.15, 0.2) is 48.5 Å². The molecule has 4 aromatic rings. The molecule has 0 unspecified atom stereocenters. The Morgan fingerprint density at radius 3 is 2.58 bits per heavy atom. The van der Waals surface area contributed by atoms with Crippen molar-refractivity contribution in [2.75, 3.05) is 23.7 Å². The van der Waals surface area contributed by atoms with E-state index >= 15 is 0 Å². The molecule has 168 valence electrons. The highest BCUT2D eigenvalue weighted by Crippen LogP contribution is 2.37. The van der Waals surface area contributed by atoms with Crippen molar-refractivity contribution in [2.45, 2.75) is 13.1 Å². The van der Waals surface area contributed by atoms with E-state index in [0.717, 1.165) is 17.6 Å². The normalized spacial score (nSPS) is 11.5. The second kappa shape index (κ2) is 8.31. The minimum atomic E-state index is -4.74. The standard InChI is InChI=1S/C22H17F3N6O2/c1-13-10-20(30-19-5-3-2-4-18(19)29-21(30)15(13)12-26)28-9-8-27-17-7-6-14(31(32)33)11-16(17)22(23,24)25/h2-7,10-11,27-28H,8-9H2,1H3. The van der Waals surface area contributed by atoms with E-state index in [4.69, 9.17) is 0 Å². The minimum Gasteiger partial charge on any atom is -0.383 e. The van der Waals surface area contributed by atoms with Crippen LogP contribution in [0.2, 0.25) is 0 Å². The van der Waals surface area contributed by atoms with Gasteiger partial charge < -0.3 is 10.6 Å². The monoisotopic (exact) mass is 454 g/mol. The van der Waals surface area contributed by atoms with Crippen LogP contribution in [-0.2, 0) is 6.18 Å². The summed E-state index contributed by atoms with van der Waals surface area (Å²) in [6.07, 6.45) is -4.74. The molecule has 8 nitrogen and oxygen atoms in total. The number of imidazole rings is 1. The molecule has 0 atom stereocenters. The summed E-state index contributed by atoms with van der Waals surface area (Å²) in [7, 11) is 0. The van der Waals surface area contributed by atoms with Crippen molar-refractivity contribution < 1.29 is 18.1 Å². The number of nitrogens with one attached hydrogen (secondary N) is 2. The number of hydrogen-bond acceptors (Lipinski definition) is 6. The van der Waals surface area contributed by atoms with Crippen LogP contribution in [0.1, 0.15) is 16.7 Å². The number of benzene rings is 2. The van der Waals surface area contributed by atoms with E-state index in [1.54, 1.807) is 17.4 Å². The summed E-state index contributed by atoms with van der Waals surface area (Å²) >= 11 is 0. The zero-order chi connectivity index (χ0) is 23.8. The fraction of sp³-hybridized carbons (Fsp3) is 0.182. The first-order valence-corrected chi connectivity index (χ1v) is 9.85. The number of hydrogen-bond donors (Lipinski definition) is 2. The van der Waals surface area contributed by atoms with Gasteiger partial charge in [0.15, 0.2) is 5.65 Å². The Bertz CT molecular complexity index is 1420. The van der Waals surface area contributed by atoms with Crippen LogP contribution in [0.25, 0.3) is 16.7 Å². The highest BCUT2D eigenvalue weighted by Gasteiger charge is 2.35. The van der Waals surface area contributed by atoms with Gasteiger partial charge in [0, 0.05) is 30.9 Å². The number of nitrogens with zero attached hydrogens (tertiary/aromatic N) is 4. The van der Waals surface area contributed by atoms with Crippen LogP contribution in [0.4, 0.5) is 30.4 Å². The van der Waals surface area contributed by atoms with Crippen LogP contribution in [-0.4, -0.2) is 27.4 Å². The third-order valence-corrected chi connectivity index (χ3v) is 5.15. The average molecular weight is 454 g/mol. The van der Waals surface area contributed by atoms with E-state index < -0.39 is 22.4 Å². The van der Waals surface area contributed by atoms with Gasteiger partial charge in [-0.1, -0.05) is 12.1 Å². The topological polar surface area (TPSA) is 108 Å². The van der Waals surface area contributed by atoms with Crippen LogP contribution in [0, 0.1) is 28.4 Å². The van der Waals surface area contributed by atoms with Gasteiger partial charge in [0.25, 0.3) is 5.69 Å². The van der Waals surface area contributed by atoms with E-state index in [9.17, 15) is 28.5 Å². The van der Waals surface area contributed by atoms with Crippen LogP contribution < -0.4 is 10.6 Å². The minimum absolute atomic E-state index is 0.105. The van der Waals surface area contributed by atoms with Crippen molar-refractivity contribution in [3.8, 4) is 6.07 Å². The molecule has 0 saturated carbocycles. The van der Waals surface area contributed by atoms with Gasteiger partial charge in [0.05, 0.1) is 27.1 Å². The summed E-state index contributed by atoms with van der Waals surface area (Å²) in [6.45, 7) is 2.13. The van der Waals surface area contributed by atoms with E-state index in [2.05, 4.69) is 21.7 Å². The number of nitro benzene ring substituents is 1. The predicted molar refractivity (Wildman–Crippen MR) is 117 cm³/mol. The molecule has 4 rings (SSSR count). The van der Waals surface area contributed by atoms with Crippen molar-refractivity contribution in [1.29, 1.82) is 5.26 Å². The first-order chi connectivity index (χ1) is 15.7. The molecule has 0 bridgehead atoms. The Kier molecular flexibility index (Phi) is 5.51. The lowest BCUT2D eigenvalue weighted by atomic mass is 10.1. The number of aryl methyl sites for hydroxylation is 1. The quantitative estimate of drug-likeness (QED) is 0.238. The Hall–Kier alpha value is -4.33. The maximum atomic E-state index is 13.4. The SMILES string of the molecule is Cc1cc(NCCNc2ccc([N+](=O)[O-])cc2C(F)(F)F)n2c(nc3ccccc32)c1C#N. The maximum absolute atomic E-state index is 13.4. The molecule has 0 aliphatic heterocycles. The van der Waals surface area contributed by atoms with E-state index in [1.807, 2.05) is 24.3 Å². The molecule has 2 aromatic carbocycles. The maximum Gasteiger partial charge on any atom is 0.418 e. The summed E-state index contributed by atoms with van der Waals surface area (Å²) < 4.78 is 41.9. The molecule has 0 aliphatic rings. The van der Waals surface area contributed by atoms with Gasteiger partial charge in [0.1, 0.15) is 11.9 Å². The van der Waals surface area contributed by atoms with Gasteiger partial charge in [-0.25, -0.2) is 4.98 Å². The molecular weight excluding hydrogens is 437 g/mol. The van der Waals surface area contributed by atoms with Crippen molar-refractivity contribution in [1.82, 2.24) is 9.38 Å². The molecule has 33 heavy (non-hydrogen) atoms. The van der Waals surface area contributed by atoms with Crippen molar-refractivity contribution >= 4 is 33.9 Å². The number of anilines is 2. The summed E-state index contributed by atoms with van der Waals surface area (Å²) in [6, 6.07) is 13.9. The summed E-state index contributed by atoms with van der Waals surface area (Å²) in [5.74, 6) is 0.636. The highest BCUT2D eigenvalue weighted by molar-refractivity contribution is 5.85. The second-order valence-electron chi connectivity index (χ2n) is 7.30. The molecule has 2 heterocycles. The predicted octanol–water partition coefficient (Wildman–Crippen LogP) is 5.12. The largest absolute Gasteiger partial charge is 0.418 e. The lowest BCUT2D eigenvalue weighted by molar-refractivity contribution is -0.385. The number of para-hydroxylation sites is 2. The van der Waals surface area contributed by atoms with Gasteiger partial charge in [0.2, 0.25) is 0 Å². The Balaban J connectivity index is 1.59. The molecule has 0 aliphatic carbocycles. The Morgan fingerprint density at radius 1 is 1.15 bits per heavy atom. The van der Waals surface area contributed by atoms with Gasteiger partial charge in [-0.15, -0.1) is 0 Å². The molecule has 11 heteroatoms. The Labute approximate surface area is 185 Å². The van der Waals surface area contributed by atoms with Crippen molar-refractivity contribution in [3.63, 3.8) is 0 Å². The third kappa shape index (κ3) is 4.10. The summed E-state index contributed by atoms with van der Waals surface area (Å²) in [4.78, 5) is 14.5. The molecule has 0 fully saturated rings. The molecule has 0 spiro atoms. The van der Waals surface area contributed by atoms with Gasteiger partial charge in [-0.2, -0.15) is 18.4 Å². The lowest BCUT2D eigenvalue weighted by Crippen LogP contribution is -2.18.